The fourth-order valence-corrected chi connectivity index (χ4v) is 2.53. The van der Waals surface area contributed by atoms with Crippen molar-refractivity contribution in [3.8, 4) is 0 Å². The maximum Gasteiger partial charge on any atom is 0.326 e. The summed E-state index contributed by atoms with van der Waals surface area (Å²) < 4.78 is 5.57. The Hall–Kier alpha value is -1.10. The number of aliphatic carboxylic acids is 1. The lowest BCUT2D eigenvalue weighted by Crippen LogP contribution is -2.46. The third-order valence-electron chi connectivity index (χ3n) is 3.75. The maximum absolute atomic E-state index is 12.1. The quantitative estimate of drug-likeness (QED) is 0.779. The van der Waals surface area contributed by atoms with E-state index in [9.17, 15) is 9.59 Å². The van der Waals surface area contributed by atoms with Crippen LogP contribution >= 0.6 is 0 Å². The molecule has 0 radical (unpaired) electrons. The standard InChI is InChI=1S/C13H21NO4/c1-9(13(16)17)14(10-6-7-10)12(15)8-18-11-4-2-3-5-11/h9-11H,2-8H2,1H3,(H,16,17). The molecule has 0 aromatic rings. The molecule has 0 bridgehead atoms. The number of carbonyl (C=O) groups excluding carboxylic acids is 1. The molecule has 5 nitrogen and oxygen atoms in total. The van der Waals surface area contributed by atoms with Crippen LogP contribution in [-0.4, -0.2) is 46.7 Å². The first-order valence-corrected chi connectivity index (χ1v) is 6.75. The van der Waals surface area contributed by atoms with Crippen molar-refractivity contribution >= 4 is 11.9 Å². The lowest BCUT2D eigenvalue weighted by atomic mass is 10.2. The fraction of sp³-hybridized carbons (Fsp3) is 0.846. The maximum atomic E-state index is 12.1. The normalized spacial score (nSPS) is 21.8. The Bertz CT molecular complexity index is 321. The van der Waals surface area contributed by atoms with Crippen LogP contribution in [0.3, 0.4) is 0 Å². The molecule has 5 heteroatoms. The third kappa shape index (κ3) is 3.22. The van der Waals surface area contributed by atoms with Crippen LogP contribution in [0.4, 0.5) is 0 Å². The summed E-state index contributed by atoms with van der Waals surface area (Å²) in [6.07, 6.45) is 6.37. The van der Waals surface area contributed by atoms with E-state index >= 15 is 0 Å². The van der Waals surface area contributed by atoms with Gasteiger partial charge >= 0.3 is 5.97 Å². The summed E-state index contributed by atoms with van der Waals surface area (Å²) in [6.45, 7) is 1.59. The molecule has 1 atom stereocenters. The third-order valence-corrected chi connectivity index (χ3v) is 3.75. The van der Waals surface area contributed by atoms with Crippen molar-refractivity contribution in [2.24, 2.45) is 0 Å². The Morgan fingerprint density at radius 1 is 1.28 bits per heavy atom. The first-order valence-electron chi connectivity index (χ1n) is 6.75. The average molecular weight is 255 g/mol. The summed E-state index contributed by atoms with van der Waals surface area (Å²) in [5.41, 5.74) is 0. The van der Waals surface area contributed by atoms with Gasteiger partial charge in [-0.3, -0.25) is 4.79 Å². The zero-order valence-electron chi connectivity index (χ0n) is 10.8. The highest BCUT2D eigenvalue weighted by Crippen LogP contribution is 2.29. The van der Waals surface area contributed by atoms with Gasteiger partial charge in [0.25, 0.3) is 0 Å². The summed E-state index contributed by atoms with van der Waals surface area (Å²) in [7, 11) is 0. The number of nitrogens with zero attached hydrogens (tertiary/aromatic N) is 1. The highest BCUT2D eigenvalue weighted by Gasteiger charge is 2.38. The van der Waals surface area contributed by atoms with Gasteiger partial charge in [0.05, 0.1) is 6.10 Å². The van der Waals surface area contributed by atoms with Crippen LogP contribution < -0.4 is 0 Å². The zero-order chi connectivity index (χ0) is 13.1. The first-order chi connectivity index (χ1) is 8.59. The summed E-state index contributed by atoms with van der Waals surface area (Å²) in [4.78, 5) is 24.6. The molecule has 0 aromatic carbocycles. The van der Waals surface area contributed by atoms with Crippen LogP contribution in [0.15, 0.2) is 0 Å². The predicted molar refractivity (Wildman–Crippen MR) is 65.2 cm³/mol. The number of carboxylic acids is 1. The topological polar surface area (TPSA) is 66.8 Å². The second kappa shape index (κ2) is 5.69. The van der Waals surface area contributed by atoms with E-state index in [2.05, 4.69) is 0 Å². The second-order valence-corrected chi connectivity index (χ2v) is 5.26. The summed E-state index contributed by atoms with van der Waals surface area (Å²) in [5, 5.41) is 9.02. The second-order valence-electron chi connectivity index (χ2n) is 5.26. The van der Waals surface area contributed by atoms with Crippen LogP contribution in [0.5, 0.6) is 0 Å². The van der Waals surface area contributed by atoms with Gasteiger partial charge in [0.1, 0.15) is 12.6 Å². The van der Waals surface area contributed by atoms with Crippen LogP contribution in [0.25, 0.3) is 0 Å². The monoisotopic (exact) mass is 255 g/mol. The van der Waals surface area contributed by atoms with Crippen molar-refractivity contribution in [2.75, 3.05) is 6.61 Å². The van der Waals surface area contributed by atoms with Gasteiger partial charge in [-0.05, 0) is 32.6 Å². The van der Waals surface area contributed by atoms with Gasteiger partial charge in [-0.25, -0.2) is 4.79 Å². The molecule has 2 rings (SSSR count). The van der Waals surface area contributed by atoms with E-state index in [1.54, 1.807) is 6.92 Å². The molecular formula is C13H21NO4. The lowest BCUT2D eigenvalue weighted by molar-refractivity contribution is -0.152. The van der Waals surface area contributed by atoms with Gasteiger partial charge in [-0.1, -0.05) is 12.8 Å². The number of carboxylic acid groups (broad SMARTS) is 1. The molecule has 1 N–H and O–H groups in total. The molecule has 2 aliphatic rings. The van der Waals surface area contributed by atoms with Crippen molar-refractivity contribution in [1.82, 2.24) is 4.90 Å². The van der Waals surface area contributed by atoms with Crippen molar-refractivity contribution in [2.45, 2.75) is 63.6 Å². The van der Waals surface area contributed by atoms with E-state index in [1.807, 2.05) is 0 Å². The summed E-state index contributed by atoms with van der Waals surface area (Å²) >= 11 is 0. The smallest absolute Gasteiger partial charge is 0.326 e. The number of hydrogen-bond donors (Lipinski definition) is 1. The van der Waals surface area contributed by atoms with Crippen molar-refractivity contribution in [3.05, 3.63) is 0 Å². The molecule has 102 valence electrons. The van der Waals surface area contributed by atoms with Crippen molar-refractivity contribution in [3.63, 3.8) is 0 Å². The van der Waals surface area contributed by atoms with Crippen molar-refractivity contribution < 1.29 is 19.4 Å². The largest absolute Gasteiger partial charge is 0.480 e. The van der Waals surface area contributed by atoms with Gasteiger partial charge in [-0.15, -0.1) is 0 Å². The Balaban J connectivity index is 1.85. The van der Waals surface area contributed by atoms with Gasteiger partial charge in [0.2, 0.25) is 5.91 Å². The summed E-state index contributed by atoms with van der Waals surface area (Å²) in [6, 6.07) is -0.645. The van der Waals surface area contributed by atoms with E-state index in [0.29, 0.717) is 0 Å². The van der Waals surface area contributed by atoms with Crippen molar-refractivity contribution in [1.29, 1.82) is 0 Å². The molecule has 0 aliphatic heterocycles. The molecule has 0 spiro atoms. The van der Waals surface area contributed by atoms with Gasteiger partial charge in [-0.2, -0.15) is 0 Å². The van der Waals surface area contributed by atoms with Crippen LogP contribution in [0.2, 0.25) is 0 Å². The number of hydrogen-bond acceptors (Lipinski definition) is 3. The van der Waals surface area contributed by atoms with E-state index in [-0.39, 0.29) is 24.7 Å². The molecule has 18 heavy (non-hydrogen) atoms. The number of rotatable bonds is 6. The minimum atomic E-state index is -0.948. The van der Waals surface area contributed by atoms with E-state index < -0.39 is 12.0 Å². The molecule has 2 fully saturated rings. The lowest BCUT2D eigenvalue weighted by Gasteiger charge is -2.27. The van der Waals surface area contributed by atoms with Crippen LogP contribution in [-0.2, 0) is 14.3 Å². The molecule has 1 unspecified atom stereocenters. The van der Waals surface area contributed by atoms with E-state index in [1.165, 1.54) is 4.90 Å². The minimum absolute atomic E-state index is 0.0266. The van der Waals surface area contributed by atoms with E-state index in [4.69, 9.17) is 9.84 Å². The molecule has 0 aromatic heterocycles. The van der Waals surface area contributed by atoms with Crippen LogP contribution in [0.1, 0.15) is 45.4 Å². The number of ether oxygens (including phenoxy) is 1. The Labute approximate surface area is 107 Å². The van der Waals surface area contributed by atoms with E-state index in [0.717, 1.165) is 38.5 Å². The highest BCUT2D eigenvalue weighted by atomic mass is 16.5. The Morgan fingerprint density at radius 3 is 2.39 bits per heavy atom. The van der Waals surface area contributed by atoms with Gasteiger partial charge in [0.15, 0.2) is 0 Å². The van der Waals surface area contributed by atoms with Crippen LogP contribution in [0, 0.1) is 0 Å². The Morgan fingerprint density at radius 2 is 1.89 bits per heavy atom. The molecule has 2 aliphatic carbocycles. The zero-order valence-corrected chi connectivity index (χ0v) is 10.8. The number of carbonyl (C=O) groups is 2. The van der Waals surface area contributed by atoms with Gasteiger partial charge in [0, 0.05) is 6.04 Å². The molecule has 0 saturated heterocycles. The Kier molecular flexibility index (Phi) is 4.22. The molecular weight excluding hydrogens is 234 g/mol. The predicted octanol–water partition coefficient (Wildman–Crippen LogP) is 1.41. The SMILES string of the molecule is CC(C(=O)O)N(C(=O)COC1CCCC1)C1CC1. The molecule has 2 saturated carbocycles. The molecule has 0 heterocycles. The van der Waals surface area contributed by atoms with Gasteiger partial charge < -0.3 is 14.7 Å². The fourth-order valence-electron chi connectivity index (χ4n) is 2.53. The first kappa shape index (κ1) is 13.3. The molecule has 1 amide bonds. The number of amides is 1. The minimum Gasteiger partial charge on any atom is -0.480 e. The highest BCUT2D eigenvalue weighted by molar-refractivity contribution is 5.84. The average Bonchev–Trinajstić information content (AvgIpc) is 3.02. The summed E-state index contributed by atoms with van der Waals surface area (Å²) in [5.74, 6) is -1.13.